The summed E-state index contributed by atoms with van der Waals surface area (Å²) in [6, 6.07) is 6.90. The Hall–Kier alpha value is -6.46. The lowest BCUT2D eigenvalue weighted by Gasteiger charge is -2.33. The number of anilines is 2. The third kappa shape index (κ3) is 7.18. The molecule has 0 spiro atoms. The molecule has 3 amide bonds. The summed E-state index contributed by atoms with van der Waals surface area (Å²) in [6.07, 6.45) is 3.25. The Morgan fingerprint density at radius 3 is 2.38 bits per heavy atom. The number of nitro benzene ring substituents is 1. The molecule has 0 unspecified atom stereocenters. The van der Waals surface area contributed by atoms with Crippen LogP contribution in [0.4, 0.5) is 17.3 Å². The summed E-state index contributed by atoms with van der Waals surface area (Å²) in [7, 11) is 1.42. The number of carbonyl (C=O) groups excluding carboxylic acids is 3. The van der Waals surface area contributed by atoms with Gasteiger partial charge in [0.05, 0.1) is 29.2 Å². The molecule has 2 aromatic carbocycles. The van der Waals surface area contributed by atoms with E-state index in [0.717, 1.165) is 6.07 Å². The first-order chi connectivity index (χ1) is 23.8. The SMILES string of the molecule is CCn1nc(C)cc1C(=O)Nc1nc2cc(C(N)=O)cc(OC)c2n1C/C=C/CNc1c(OC2CC(C(=O)O)C2)cc(C(N)=O)cc1[N+](=O)[O-]. The minimum Gasteiger partial charge on any atom is -0.494 e. The standard InChI is InChI=1S/C32H35N9O9/c1-4-40-23(9-16(2)38-40)30(44)37-32-36-21-12-17(28(33)42)15-25(49-3)27(21)39(32)8-6-5-7-35-26-22(41(47)48)13-18(29(34)43)14-24(26)50-20-10-19(11-20)31(45)46/h5-6,9,12-15,19-20,35H,4,7-8,10-11H2,1-3H3,(H2,33,42)(H2,34,43)(H,45,46)(H,36,37,44)/b6-5+. The number of carboxylic acids is 1. The van der Waals surface area contributed by atoms with Gasteiger partial charge in [0.15, 0.2) is 11.4 Å². The molecule has 1 fully saturated rings. The topological polar surface area (TPSA) is 262 Å². The fourth-order valence-corrected chi connectivity index (χ4v) is 5.56. The van der Waals surface area contributed by atoms with E-state index in [9.17, 15) is 34.4 Å². The smallest absolute Gasteiger partial charge is 0.306 e. The summed E-state index contributed by atoms with van der Waals surface area (Å²) < 4.78 is 14.7. The summed E-state index contributed by atoms with van der Waals surface area (Å²) in [6.45, 7) is 4.24. The molecule has 18 heteroatoms. The van der Waals surface area contributed by atoms with Gasteiger partial charge in [0.1, 0.15) is 23.1 Å². The molecule has 4 aromatic rings. The van der Waals surface area contributed by atoms with Crippen LogP contribution in [0.25, 0.3) is 11.0 Å². The lowest BCUT2D eigenvalue weighted by molar-refractivity contribution is -0.384. The van der Waals surface area contributed by atoms with E-state index in [2.05, 4.69) is 20.7 Å². The second-order valence-electron chi connectivity index (χ2n) is 11.5. The first-order valence-corrected chi connectivity index (χ1v) is 15.5. The van der Waals surface area contributed by atoms with Crippen LogP contribution in [0.3, 0.4) is 0 Å². The van der Waals surface area contributed by atoms with Crippen LogP contribution >= 0.6 is 0 Å². The number of hydrogen-bond acceptors (Lipinski definition) is 11. The number of aromatic nitrogens is 4. The van der Waals surface area contributed by atoms with Crippen LogP contribution in [0, 0.1) is 23.0 Å². The number of methoxy groups -OCH3 is 1. The van der Waals surface area contributed by atoms with Crippen molar-refractivity contribution >= 4 is 52.0 Å². The van der Waals surface area contributed by atoms with Gasteiger partial charge < -0.3 is 35.9 Å². The van der Waals surface area contributed by atoms with Gasteiger partial charge in [0, 0.05) is 36.8 Å². The monoisotopic (exact) mass is 689 g/mol. The number of hydrogen-bond donors (Lipinski definition) is 5. The van der Waals surface area contributed by atoms with Gasteiger partial charge in [-0.2, -0.15) is 5.10 Å². The van der Waals surface area contributed by atoms with Crippen LogP contribution in [0.15, 0.2) is 42.5 Å². The number of benzene rings is 2. The number of nitrogens with two attached hydrogens (primary N) is 2. The number of aliphatic carboxylic acids is 1. The molecule has 50 heavy (non-hydrogen) atoms. The van der Waals surface area contributed by atoms with Crippen molar-refractivity contribution < 1.29 is 38.7 Å². The number of ether oxygens (including phenoxy) is 2. The molecule has 18 nitrogen and oxygen atoms in total. The van der Waals surface area contributed by atoms with Gasteiger partial charge in [-0.05, 0) is 51.0 Å². The quantitative estimate of drug-likeness (QED) is 0.0685. The van der Waals surface area contributed by atoms with Gasteiger partial charge in [0.25, 0.3) is 11.6 Å². The van der Waals surface area contributed by atoms with Crippen LogP contribution in [-0.4, -0.2) is 72.8 Å². The molecule has 0 saturated heterocycles. The van der Waals surface area contributed by atoms with E-state index in [4.69, 9.17) is 20.9 Å². The maximum atomic E-state index is 13.4. The van der Waals surface area contributed by atoms with Gasteiger partial charge in [0.2, 0.25) is 17.8 Å². The Bertz CT molecular complexity index is 2040. The first kappa shape index (κ1) is 34.9. The third-order valence-corrected chi connectivity index (χ3v) is 8.12. The number of carboxylic acid groups (broad SMARTS) is 1. The summed E-state index contributed by atoms with van der Waals surface area (Å²) in [4.78, 5) is 64.4. The molecule has 2 heterocycles. The van der Waals surface area contributed by atoms with Gasteiger partial charge in [-0.25, -0.2) is 4.98 Å². The fraction of sp³-hybridized carbons (Fsp3) is 0.312. The number of aryl methyl sites for hydroxylation is 2. The molecule has 5 rings (SSSR count). The number of fused-ring (bicyclic) bond motifs is 1. The zero-order valence-electron chi connectivity index (χ0n) is 27.3. The van der Waals surface area contributed by atoms with E-state index in [1.165, 1.54) is 25.3 Å². The second-order valence-corrected chi connectivity index (χ2v) is 11.5. The lowest BCUT2D eigenvalue weighted by atomic mass is 9.82. The largest absolute Gasteiger partial charge is 0.494 e. The van der Waals surface area contributed by atoms with Crippen molar-refractivity contribution in [2.45, 2.75) is 45.9 Å². The van der Waals surface area contributed by atoms with Crippen LogP contribution in [0.1, 0.15) is 56.7 Å². The highest BCUT2D eigenvalue weighted by Crippen LogP contribution is 2.40. The Morgan fingerprint density at radius 1 is 1.08 bits per heavy atom. The average molecular weight is 690 g/mol. The van der Waals surface area contributed by atoms with E-state index in [1.807, 2.05) is 6.92 Å². The highest BCUT2D eigenvalue weighted by atomic mass is 16.6. The molecule has 1 aliphatic carbocycles. The summed E-state index contributed by atoms with van der Waals surface area (Å²) in [5.74, 6) is -3.23. The average Bonchev–Trinajstić information content (AvgIpc) is 3.60. The minimum absolute atomic E-state index is 0.0163. The number of carbonyl (C=O) groups is 4. The molecule has 1 aliphatic rings. The highest BCUT2D eigenvalue weighted by Gasteiger charge is 2.37. The molecular formula is C32H35N9O9. The molecular weight excluding hydrogens is 654 g/mol. The Balaban J connectivity index is 1.43. The van der Waals surface area contributed by atoms with Crippen molar-refractivity contribution in [1.29, 1.82) is 0 Å². The number of imidazole rings is 1. The van der Waals surface area contributed by atoms with Crippen molar-refractivity contribution in [3.05, 3.63) is 75.1 Å². The van der Waals surface area contributed by atoms with Gasteiger partial charge in [-0.15, -0.1) is 0 Å². The number of amides is 3. The van der Waals surface area contributed by atoms with Gasteiger partial charge in [-0.3, -0.25) is 39.3 Å². The van der Waals surface area contributed by atoms with Gasteiger partial charge in [-0.1, -0.05) is 12.2 Å². The van der Waals surface area contributed by atoms with Crippen LogP contribution in [0.5, 0.6) is 11.5 Å². The Morgan fingerprint density at radius 2 is 1.76 bits per heavy atom. The molecule has 7 N–H and O–H groups in total. The van der Waals surface area contributed by atoms with E-state index < -0.39 is 46.3 Å². The fourth-order valence-electron chi connectivity index (χ4n) is 5.56. The van der Waals surface area contributed by atoms with Crippen molar-refractivity contribution in [2.24, 2.45) is 17.4 Å². The first-order valence-electron chi connectivity index (χ1n) is 15.5. The van der Waals surface area contributed by atoms with Crippen LogP contribution in [-0.2, 0) is 17.9 Å². The number of primary amides is 2. The maximum Gasteiger partial charge on any atom is 0.306 e. The number of allylic oxidation sites excluding steroid dienone is 1. The van der Waals surface area contributed by atoms with Crippen molar-refractivity contribution in [3.63, 3.8) is 0 Å². The zero-order chi connectivity index (χ0) is 36.3. The molecule has 2 aromatic heterocycles. The predicted octanol–water partition coefficient (Wildman–Crippen LogP) is 2.84. The van der Waals surface area contributed by atoms with E-state index >= 15 is 0 Å². The van der Waals surface area contributed by atoms with Gasteiger partial charge >= 0.3 is 5.97 Å². The number of nitro groups is 1. The highest BCUT2D eigenvalue weighted by molar-refractivity contribution is 6.04. The molecule has 1 saturated carbocycles. The van der Waals surface area contributed by atoms with E-state index in [1.54, 1.807) is 34.4 Å². The molecule has 0 radical (unpaired) electrons. The van der Waals surface area contributed by atoms with Crippen LogP contribution < -0.4 is 31.6 Å². The number of nitrogens with one attached hydrogen (secondary N) is 2. The number of nitrogens with zero attached hydrogens (tertiary/aromatic N) is 5. The van der Waals surface area contributed by atoms with Crippen molar-refractivity contribution in [2.75, 3.05) is 24.3 Å². The summed E-state index contributed by atoms with van der Waals surface area (Å²) >= 11 is 0. The van der Waals surface area contributed by atoms with E-state index in [0.29, 0.717) is 29.0 Å². The van der Waals surface area contributed by atoms with Crippen molar-refractivity contribution in [3.8, 4) is 11.5 Å². The minimum atomic E-state index is -0.966. The molecule has 0 aliphatic heterocycles. The lowest BCUT2D eigenvalue weighted by Crippen LogP contribution is -2.38. The second kappa shape index (κ2) is 14.3. The zero-order valence-corrected chi connectivity index (χ0v) is 27.3. The normalized spacial score (nSPS) is 15.4. The van der Waals surface area contributed by atoms with Crippen LogP contribution in [0.2, 0.25) is 0 Å². The molecule has 0 bridgehead atoms. The molecule has 262 valence electrons. The maximum absolute atomic E-state index is 13.4. The number of rotatable bonds is 15. The van der Waals surface area contributed by atoms with E-state index in [-0.39, 0.29) is 60.2 Å². The Labute approximate surface area is 284 Å². The third-order valence-electron chi connectivity index (χ3n) is 8.12. The Kier molecular flexibility index (Phi) is 10.0. The van der Waals surface area contributed by atoms with Crippen molar-refractivity contribution in [1.82, 2.24) is 19.3 Å². The summed E-state index contributed by atoms with van der Waals surface area (Å²) in [5, 5.41) is 31.3. The molecule has 0 atom stereocenters. The summed E-state index contributed by atoms with van der Waals surface area (Å²) in [5.41, 5.74) is 12.2. The predicted molar refractivity (Wildman–Crippen MR) is 179 cm³/mol.